The Morgan fingerprint density at radius 3 is 2.60 bits per heavy atom. The van der Waals surface area contributed by atoms with Gasteiger partial charge in [-0.1, -0.05) is 44.9 Å². The molecule has 0 aliphatic heterocycles. The van der Waals surface area contributed by atoms with Crippen molar-refractivity contribution in [2.45, 2.75) is 46.5 Å². The molecular weight excluding hydrogens is 328 g/mol. The Bertz CT molecular complexity index is 877. The lowest BCUT2D eigenvalue weighted by Gasteiger charge is -2.15. The summed E-state index contributed by atoms with van der Waals surface area (Å²) in [5.41, 5.74) is 6.34. The fraction of sp³-hybridized carbons (Fsp3) is 0.409. The van der Waals surface area contributed by atoms with E-state index in [-0.39, 0.29) is 0 Å². The molecule has 0 aliphatic rings. The fourth-order valence-electron chi connectivity index (χ4n) is 3.37. The van der Waals surface area contributed by atoms with Crippen LogP contribution in [0.1, 0.15) is 44.7 Å². The van der Waals surface area contributed by atoms with Crippen molar-refractivity contribution in [2.75, 3.05) is 0 Å². The highest BCUT2D eigenvalue weighted by Gasteiger charge is 2.12. The molecule has 3 rings (SSSR count). The quantitative estimate of drug-likeness (QED) is 0.498. The van der Waals surface area contributed by atoms with E-state index in [0.717, 1.165) is 29.8 Å². The summed E-state index contributed by atoms with van der Waals surface area (Å²) in [5, 5.41) is 6.46. The van der Waals surface area contributed by atoms with E-state index >= 15 is 0 Å². The number of aryl methyl sites for hydroxylation is 3. The van der Waals surface area contributed by atoms with Gasteiger partial charge in [-0.2, -0.15) is 5.10 Å². The van der Waals surface area contributed by atoms with Crippen LogP contribution < -0.4 is 0 Å². The molecular formula is C22H27ClN2. The lowest BCUT2D eigenvalue weighted by atomic mass is 9.91. The van der Waals surface area contributed by atoms with E-state index in [9.17, 15) is 0 Å². The average Bonchev–Trinajstić information content (AvgIpc) is 2.95. The van der Waals surface area contributed by atoms with Crippen molar-refractivity contribution in [1.82, 2.24) is 9.78 Å². The van der Waals surface area contributed by atoms with Crippen LogP contribution in [0.3, 0.4) is 0 Å². The number of halogens is 1. The number of aromatic nitrogens is 2. The Kier molecular flexibility index (Phi) is 5.48. The Morgan fingerprint density at radius 2 is 1.88 bits per heavy atom. The molecule has 1 heterocycles. The van der Waals surface area contributed by atoms with Crippen LogP contribution in [-0.2, 0) is 19.9 Å². The smallest absolute Gasteiger partial charge is 0.0679 e. The minimum atomic E-state index is 0.683. The van der Waals surface area contributed by atoms with Crippen molar-refractivity contribution < 1.29 is 0 Å². The molecule has 0 bridgehead atoms. The third-order valence-electron chi connectivity index (χ3n) is 4.84. The summed E-state index contributed by atoms with van der Waals surface area (Å²) >= 11 is 6.57. The van der Waals surface area contributed by atoms with Gasteiger partial charge in [-0.25, -0.2) is 0 Å². The largest absolute Gasteiger partial charge is 0.268 e. The first-order valence-corrected chi connectivity index (χ1v) is 9.60. The minimum Gasteiger partial charge on any atom is -0.268 e. The molecule has 1 aromatic heterocycles. The maximum absolute atomic E-state index is 6.57. The Morgan fingerprint density at radius 1 is 1.08 bits per heavy atom. The molecule has 0 amide bonds. The van der Waals surface area contributed by atoms with E-state index in [1.165, 1.54) is 34.1 Å². The Hall–Kier alpha value is -1.80. The summed E-state index contributed by atoms with van der Waals surface area (Å²) in [4.78, 5) is 0. The molecule has 132 valence electrons. The zero-order valence-electron chi connectivity index (χ0n) is 15.6. The average molecular weight is 355 g/mol. The molecule has 3 heteroatoms. The van der Waals surface area contributed by atoms with Gasteiger partial charge in [0.05, 0.1) is 11.7 Å². The van der Waals surface area contributed by atoms with Crippen LogP contribution in [0.15, 0.2) is 36.5 Å². The number of fused-ring (bicyclic) bond motifs is 1. The van der Waals surface area contributed by atoms with E-state index in [1.807, 2.05) is 17.9 Å². The van der Waals surface area contributed by atoms with E-state index < -0.39 is 0 Å². The molecule has 0 N–H and O–H groups in total. The zero-order valence-corrected chi connectivity index (χ0v) is 16.4. The Labute approximate surface area is 155 Å². The molecule has 0 saturated heterocycles. The van der Waals surface area contributed by atoms with Gasteiger partial charge < -0.3 is 0 Å². The van der Waals surface area contributed by atoms with E-state index in [4.69, 9.17) is 11.6 Å². The van der Waals surface area contributed by atoms with E-state index in [1.54, 1.807) is 0 Å². The van der Waals surface area contributed by atoms with Crippen molar-refractivity contribution in [2.24, 2.45) is 13.0 Å². The molecule has 0 spiro atoms. The third kappa shape index (κ3) is 3.90. The summed E-state index contributed by atoms with van der Waals surface area (Å²) in [6.45, 7) is 6.74. The standard InChI is InChI=1S/C22H27ClN2/c1-5-6-18-12-20(17(13-21(18)23)8-7-15(2)3)16-9-10-22-19(11-16)14-24-25(22)4/h9-15H,5-8H2,1-4H3. The summed E-state index contributed by atoms with van der Waals surface area (Å²) in [6.07, 6.45) is 6.29. The molecule has 0 radical (unpaired) electrons. The van der Waals surface area contributed by atoms with Crippen molar-refractivity contribution in [3.05, 3.63) is 52.7 Å². The van der Waals surface area contributed by atoms with Crippen LogP contribution in [0.5, 0.6) is 0 Å². The van der Waals surface area contributed by atoms with Gasteiger partial charge in [0.25, 0.3) is 0 Å². The van der Waals surface area contributed by atoms with E-state index in [0.29, 0.717) is 5.92 Å². The van der Waals surface area contributed by atoms with Gasteiger partial charge in [-0.15, -0.1) is 0 Å². The van der Waals surface area contributed by atoms with Crippen molar-refractivity contribution in [1.29, 1.82) is 0 Å². The van der Waals surface area contributed by atoms with Crippen LogP contribution in [0.4, 0.5) is 0 Å². The molecule has 2 aromatic carbocycles. The molecule has 25 heavy (non-hydrogen) atoms. The first kappa shape index (κ1) is 18.0. The number of hydrogen-bond acceptors (Lipinski definition) is 1. The van der Waals surface area contributed by atoms with Crippen LogP contribution in [0.25, 0.3) is 22.0 Å². The first-order chi connectivity index (χ1) is 12.0. The molecule has 3 aromatic rings. The number of hydrogen-bond donors (Lipinski definition) is 0. The third-order valence-corrected chi connectivity index (χ3v) is 5.19. The van der Waals surface area contributed by atoms with Crippen LogP contribution in [0.2, 0.25) is 5.02 Å². The van der Waals surface area contributed by atoms with Crippen LogP contribution in [0, 0.1) is 5.92 Å². The first-order valence-electron chi connectivity index (χ1n) is 9.23. The van der Waals surface area contributed by atoms with Gasteiger partial charge >= 0.3 is 0 Å². The second-order valence-corrected chi connectivity index (χ2v) is 7.73. The zero-order chi connectivity index (χ0) is 18.0. The topological polar surface area (TPSA) is 17.8 Å². The second-order valence-electron chi connectivity index (χ2n) is 7.33. The molecule has 0 unspecified atom stereocenters. The monoisotopic (exact) mass is 354 g/mol. The van der Waals surface area contributed by atoms with Crippen LogP contribution in [-0.4, -0.2) is 9.78 Å². The fourth-order valence-corrected chi connectivity index (χ4v) is 3.65. The van der Waals surface area contributed by atoms with Crippen LogP contribution >= 0.6 is 11.6 Å². The number of benzene rings is 2. The van der Waals surface area contributed by atoms with E-state index in [2.05, 4.69) is 56.2 Å². The highest BCUT2D eigenvalue weighted by Crippen LogP contribution is 2.33. The molecule has 0 atom stereocenters. The highest BCUT2D eigenvalue weighted by atomic mass is 35.5. The number of nitrogens with zero attached hydrogens (tertiary/aromatic N) is 2. The number of rotatable bonds is 6. The summed E-state index contributed by atoms with van der Waals surface area (Å²) < 4.78 is 1.92. The summed E-state index contributed by atoms with van der Waals surface area (Å²) in [5.74, 6) is 0.683. The molecule has 0 fully saturated rings. The molecule has 0 aliphatic carbocycles. The SMILES string of the molecule is CCCc1cc(-c2ccc3c(cnn3C)c2)c(CCC(C)C)cc1Cl. The summed E-state index contributed by atoms with van der Waals surface area (Å²) in [6, 6.07) is 11.1. The lowest BCUT2D eigenvalue weighted by molar-refractivity contribution is 0.587. The van der Waals surface area contributed by atoms with Gasteiger partial charge in [0.2, 0.25) is 0 Å². The predicted molar refractivity (Wildman–Crippen MR) is 108 cm³/mol. The second kappa shape index (κ2) is 7.61. The van der Waals surface area contributed by atoms with Gasteiger partial charge in [0, 0.05) is 17.5 Å². The van der Waals surface area contributed by atoms with Gasteiger partial charge in [0.15, 0.2) is 0 Å². The normalized spacial score (nSPS) is 11.6. The van der Waals surface area contributed by atoms with Crippen molar-refractivity contribution >= 4 is 22.5 Å². The summed E-state index contributed by atoms with van der Waals surface area (Å²) in [7, 11) is 1.98. The maximum Gasteiger partial charge on any atom is 0.0679 e. The molecule has 0 saturated carbocycles. The lowest BCUT2D eigenvalue weighted by Crippen LogP contribution is -1.98. The van der Waals surface area contributed by atoms with Gasteiger partial charge in [-0.3, -0.25) is 4.68 Å². The minimum absolute atomic E-state index is 0.683. The molecule has 2 nitrogen and oxygen atoms in total. The Balaban J connectivity index is 2.10. The maximum atomic E-state index is 6.57. The predicted octanol–water partition coefficient (Wildman–Crippen LogP) is 6.43. The van der Waals surface area contributed by atoms with Crippen molar-refractivity contribution in [3.8, 4) is 11.1 Å². The van der Waals surface area contributed by atoms with Crippen molar-refractivity contribution in [3.63, 3.8) is 0 Å². The highest BCUT2D eigenvalue weighted by molar-refractivity contribution is 6.31. The van der Waals surface area contributed by atoms with Gasteiger partial charge in [0.1, 0.15) is 0 Å². The van der Waals surface area contributed by atoms with Gasteiger partial charge in [-0.05, 0) is 71.7 Å².